The number of hydrogen-bond acceptors (Lipinski definition) is 5. The van der Waals surface area contributed by atoms with Crippen molar-refractivity contribution in [2.45, 2.75) is 334 Å². The number of likely N-dealkylation sites (N-methyl/N-ethyl adjacent to an activating group) is 1. The first kappa shape index (κ1) is 69.2. The first-order valence-electron chi connectivity index (χ1n) is 31.1. The maximum atomic E-state index is 13.0. The SMILES string of the molecule is CCCCCCCCCCCCCCCCCCCCCCCCCCCCCC/C=C/C(O)C(COP(=O)(O)OCC[N+](C)(C)C)NC(=O)CCCCCCCCCCCCCCCCCCCC. The fraction of sp³-hybridized carbons (Fsp3) is 0.951. The van der Waals surface area contributed by atoms with E-state index >= 15 is 0 Å². The van der Waals surface area contributed by atoms with Crippen LogP contribution in [0.4, 0.5) is 0 Å². The van der Waals surface area contributed by atoms with Gasteiger partial charge in [-0.2, -0.15) is 0 Å². The average Bonchev–Trinajstić information content (AvgIpc) is 3.32. The maximum absolute atomic E-state index is 13.0. The Morgan fingerprint density at radius 2 is 0.757 bits per heavy atom. The topological polar surface area (TPSA) is 105 Å². The molecule has 0 rings (SSSR count). The predicted molar refractivity (Wildman–Crippen MR) is 305 cm³/mol. The quantitative estimate of drug-likeness (QED) is 0.0243. The van der Waals surface area contributed by atoms with Crippen molar-refractivity contribution in [3.8, 4) is 0 Å². The van der Waals surface area contributed by atoms with Crippen molar-refractivity contribution in [1.82, 2.24) is 5.32 Å². The Morgan fingerprint density at radius 1 is 0.471 bits per heavy atom. The highest BCUT2D eigenvalue weighted by molar-refractivity contribution is 7.47. The third-order valence-corrected chi connectivity index (χ3v) is 15.5. The molecule has 8 nitrogen and oxygen atoms in total. The van der Waals surface area contributed by atoms with E-state index in [1.54, 1.807) is 6.08 Å². The molecule has 0 bridgehead atoms. The van der Waals surface area contributed by atoms with Crippen LogP contribution in [0.25, 0.3) is 0 Å². The molecular weight excluding hydrogens is 888 g/mol. The van der Waals surface area contributed by atoms with Crippen molar-refractivity contribution in [3.05, 3.63) is 12.2 Å². The minimum atomic E-state index is -4.34. The third kappa shape index (κ3) is 55.0. The predicted octanol–water partition coefficient (Wildman–Crippen LogP) is 19.0. The van der Waals surface area contributed by atoms with Gasteiger partial charge in [0.05, 0.1) is 39.9 Å². The van der Waals surface area contributed by atoms with E-state index in [0.29, 0.717) is 17.4 Å². The lowest BCUT2D eigenvalue weighted by atomic mass is 10.0. The van der Waals surface area contributed by atoms with E-state index in [0.717, 1.165) is 32.1 Å². The zero-order valence-corrected chi connectivity index (χ0v) is 48.7. The number of quaternary nitrogens is 1. The second kappa shape index (κ2) is 53.1. The Hall–Kier alpha value is -0.760. The number of hydrogen-bond donors (Lipinski definition) is 3. The number of carbonyl (C=O) groups is 1. The molecule has 3 N–H and O–H groups in total. The Kier molecular flexibility index (Phi) is 52.5. The molecule has 0 aliphatic carbocycles. The van der Waals surface area contributed by atoms with Gasteiger partial charge < -0.3 is 19.8 Å². The van der Waals surface area contributed by atoms with Crippen LogP contribution >= 0.6 is 7.82 Å². The number of phosphoric ester groups is 1. The monoisotopic (exact) mass is 1010 g/mol. The van der Waals surface area contributed by atoms with Crippen LogP contribution in [0, 0.1) is 0 Å². The first-order valence-corrected chi connectivity index (χ1v) is 32.6. The van der Waals surface area contributed by atoms with Gasteiger partial charge in [-0.3, -0.25) is 13.8 Å². The summed E-state index contributed by atoms with van der Waals surface area (Å²) in [4.78, 5) is 23.3. The van der Waals surface area contributed by atoms with E-state index in [1.807, 2.05) is 27.2 Å². The van der Waals surface area contributed by atoms with E-state index in [1.165, 1.54) is 270 Å². The van der Waals surface area contributed by atoms with Gasteiger partial charge in [-0.1, -0.05) is 309 Å². The summed E-state index contributed by atoms with van der Waals surface area (Å²) < 4.78 is 23.7. The van der Waals surface area contributed by atoms with Crippen LogP contribution in [-0.4, -0.2) is 73.4 Å². The Bertz CT molecular complexity index is 1150. The molecule has 0 heterocycles. The summed E-state index contributed by atoms with van der Waals surface area (Å²) in [5.41, 5.74) is 0. The lowest BCUT2D eigenvalue weighted by Crippen LogP contribution is -2.45. The molecule has 3 unspecified atom stereocenters. The Morgan fingerprint density at radius 3 is 1.06 bits per heavy atom. The molecule has 70 heavy (non-hydrogen) atoms. The molecule has 0 fully saturated rings. The summed E-state index contributed by atoms with van der Waals surface area (Å²) in [5, 5.41) is 14.0. The highest BCUT2D eigenvalue weighted by atomic mass is 31.2. The van der Waals surface area contributed by atoms with Gasteiger partial charge in [0.2, 0.25) is 5.91 Å². The van der Waals surface area contributed by atoms with Crippen molar-refractivity contribution in [2.75, 3.05) is 40.9 Å². The van der Waals surface area contributed by atoms with Crippen molar-refractivity contribution in [3.63, 3.8) is 0 Å². The normalized spacial score (nSPS) is 13.9. The Balaban J connectivity index is 4.08. The molecule has 0 spiro atoms. The lowest BCUT2D eigenvalue weighted by molar-refractivity contribution is -0.870. The smallest absolute Gasteiger partial charge is 0.387 e. The third-order valence-electron chi connectivity index (χ3n) is 14.5. The number of unbranched alkanes of at least 4 members (excludes halogenated alkanes) is 45. The van der Waals surface area contributed by atoms with Crippen molar-refractivity contribution < 1.29 is 32.9 Å². The molecule has 0 aromatic heterocycles. The largest absolute Gasteiger partial charge is 0.472 e. The molecule has 0 saturated carbocycles. The highest BCUT2D eigenvalue weighted by Crippen LogP contribution is 2.43. The molecule has 0 saturated heterocycles. The maximum Gasteiger partial charge on any atom is 0.472 e. The molecule has 0 aromatic rings. The lowest BCUT2D eigenvalue weighted by Gasteiger charge is -2.25. The molecule has 0 aliphatic heterocycles. The molecule has 0 aromatic carbocycles. The summed E-state index contributed by atoms with van der Waals surface area (Å²) in [6, 6.07) is -0.842. The second-order valence-electron chi connectivity index (χ2n) is 22.8. The fourth-order valence-corrected chi connectivity index (χ4v) is 10.4. The van der Waals surface area contributed by atoms with Crippen molar-refractivity contribution in [1.29, 1.82) is 0 Å². The van der Waals surface area contributed by atoms with E-state index in [4.69, 9.17) is 9.05 Å². The summed E-state index contributed by atoms with van der Waals surface area (Å²) in [6.07, 6.45) is 66.2. The van der Waals surface area contributed by atoms with E-state index in [9.17, 15) is 19.4 Å². The van der Waals surface area contributed by atoms with Gasteiger partial charge in [-0.05, 0) is 19.3 Å². The minimum Gasteiger partial charge on any atom is -0.387 e. The van der Waals surface area contributed by atoms with Gasteiger partial charge in [-0.25, -0.2) is 4.57 Å². The first-order chi connectivity index (χ1) is 34.0. The zero-order valence-electron chi connectivity index (χ0n) is 47.8. The van der Waals surface area contributed by atoms with Crippen molar-refractivity contribution >= 4 is 13.7 Å². The molecule has 418 valence electrons. The number of rotatable bonds is 58. The molecule has 1 amide bonds. The summed E-state index contributed by atoms with van der Waals surface area (Å²) in [7, 11) is 1.59. The van der Waals surface area contributed by atoms with Crippen LogP contribution in [-0.2, 0) is 18.4 Å². The van der Waals surface area contributed by atoms with E-state index < -0.39 is 20.0 Å². The molecule has 3 atom stereocenters. The summed E-state index contributed by atoms with van der Waals surface area (Å²) >= 11 is 0. The van der Waals surface area contributed by atoms with Crippen LogP contribution in [0.15, 0.2) is 12.2 Å². The molecule has 9 heteroatoms. The van der Waals surface area contributed by atoms with E-state index in [-0.39, 0.29) is 19.1 Å². The van der Waals surface area contributed by atoms with Gasteiger partial charge in [0.15, 0.2) is 0 Å². The van der Waals surface area contributed by atoms with Crippen LogP contribution in [0.2, 0.25) is 0 Å². The van der Waals surface area contributed by atoms with Gasteiger partial charge in [0.1, 0.15) is 13.2 Å². The average molecular weight is 1010 g/mol. The van der Waals surface area contributed by atoms with Crippen LogP contribution < -0.4 is 5.32 Å². The fourth-order valence-electron chi connectivity index (χ4n) is 9.63. The number of carbonyl (C=O) groups excluding carboxylic acids is 1. The van der Waals surface area contributed by atoms with Gasteiger partial charge >= 0.3 is 7.82 Å². The molecular formula is C61H124N2O6P+. The van der Waals surface area contributed by atoms with Crippen molar-refractivity contribution in [2.24, 2.45) is 0 Å². The number of nitrogens with zero attached hydrogens (tertiary/aromatic N) is 1. The molecule has 0 radical (unpaired) electrons. The van der Waals surface area contributed by atoms with Crippen LogP contribution in [0.5, 0.6) is 0 Å². The highest BCUT2D eigenvalue weighted by Gasteiger charge is 2.27. The second-order valence-corrected chi connectivity index (χ2v) is 24.3. The van der Waals surface area contributed by atoms with Gasteiger partial charge in [-0.15, -0.1) is 0 Å². The van der Waals surface area contributed by atoms with Crippen LogP contribution in [0.3, 0.4) is 0 Å². The summed E-state index contributed by atoms with van der Waals surface area (Å²) in [5.74, 6) is -0.169. The number of allylic oxidation sites excluding steroid dienone is 1. The summed E-state index contributed by atoms with van der Waals surface area (Å²) in [6.45, 7) is 4.87. The zero-order chi connectivity index (χ0) is 51.3. The van der Waals surface area contributed by atoms with Gasteiger partial charge in [0.25, 0.3) is 0 Å². The number of phosphoric acid groups is 1. The van der Waals surface area contributed by atoms with Gasteiger partial charge in [0, 0.05) is 6.42 Å². The number of aliphatic hydroxyl groups is 1. The minimum absolute atomic E-state index is 0.0653. The number of aliphatic hydroxyl groups excluding tert-OH is 1. The molecule has 0 aliphatic rings. The van der Waals surface area contributed by atoms with E-state index in [2.05, 4.69) is 19.2 Å². The number of nitrogens with one attached hydrogen (secondary N) is 1. The standard InChI is InChI=1S/C61H123N2O6P/c1-6-8-10-12-14-16-18-20-22-24-26-27-28-29-30-31-32-33-34-35-36-37-38-40-42-44-46-48-50-52-54-60(64)59(58-69-70(66,67)68-57-56-63(3,4)5)62-61(65)55-53-51-49-47-45-43-41-39-25-23-21-19-17-15-13-11-9-7-2/h52,54,59-60,64H,6-51,53,55-58H2,1-5H3,(H-,62,65,66,67)/p+1/b54-52+. The van der Waals surface area contributed by atoms with Crippen LogP contribution in [0.1, 0.15) is 322 Å². The number of amides is 1. The Labute approximate surface area is 437 Å².